The lowest BCUT2D eigenvalue weighted by Gasteiger charge is -2.28. The summed E-state index contributed by atoms with van der Waals surface area (Å²) in [5.41, 5.74) is -0.863. The number of rotatable bonds is 8. The molecule has 0 fully saturated rings. The Morgan fingerprint density at radius 2 is 1.65 bits per heavy atom. The van der Waals surface area contributed by atoms with Crippen LogP contribution in [0.4, 0.5) is 4.79 Å². The number of carbonyl (C=O) groups is 2. The first-order valence-corrected chi connectivity index (χ1v) is 8.02. The largest absolute Gasteiger partial charge is 0.467 e. The average molecular weight is 331 g/mol. The summed E-state index contributed by atoms with van der Waals surface area (Å²) in [5, 5.41) is 2.73. The predicted octanol–water partition coefficient (Wildman–Crippen LogP) is 3.14. The Labute approximate surface area is 140 Å². The zero-order valence-electron chi connectivity index (χ0n) is 15.8. The monoisotopic (exact) mass is 331 g/mol. The van der Waals surface area contributed by atoms with Crippen molar-refractivity contribution < 1.29 is 23.8 Å². The quantitative estimate of drug-likeness (QED) is 0.692. The summed E-state index contributed by atoms with van der Waals surface area (Å²) in [4.78, 5) is 23.4. The Bertz CT molecular complexity index is 385. The third kappa shape index (κ3) is 11.0. The molecule has 0 heterocycles. The lowest BCUT2D eigenvalue weighted by Crippen LogP contribution is -2.41. The van der Waals surface area contributed by atoms with Gasteiger partial charge in [-0.25, -0.2) is 9.59 Å². The molecule has 0 aromatic rings. The van der Waals surface area contributed by atoms with E-state index < -0.39 is 17.8 Å². The Morgan fingerprint density at radius 1 is 1.09 bits per heavy atom. The Kier molecular flexibility index (Phi) is 8.59. The number of nitrogens with one attached hydrogen (secondary N) is 1. The molecule has 6 heteroatoms. The average Bonchev–Trinajstić information content (AvgIpc) is 2.38. The van der Waals surface area contributed by atoms with Crippen molar-refractivity contribution in [3.05, 3.63) is 0 Å². The van der Waals surface area contributed by atoms with Crippen LogP contribution >= 0.6 is 0 Å². The van der Waals surface area contributed by atoms with Gasteiger partial charge < -0.3 is 19.5 Å². The number of methoxy groups -OCH3 is 1. The van der Waals surface area contributed by atoms with Crippen LogP contribution in [0.2, 0.25) is 0 Å². The van der Waals surface area contributed by atoms with Crippen molar-refractivity contribution in [2.75, 3.05) is 20.3 Å². The van der Waals surface area contributed by atoms with Crippen LogP contribution in [0.15, 0.2) is 0 Å². The molecule has 0 saturated carbocycles. The zero-order chi connectivity index (χ0) is 18.3. The van der Waals surface area contributed by atoms with Gasteiger partial charge in [0.2, 0.25) is 0 Å². The third-order valence-corrected chi connectivity index (χ3v) is 2.93. The minimum absolute atomic E-state index is 0.321. The first kappa shape index (κ1) is 21.7. The number of hydrogen-bond donors (Lipinski definition) is 1. The summed E-state index contributed by atoms with van der Waals surface area (Å²) in [6, 6.07) is 0. The molecule has 0 bridgehead atoms. The highest BCUT2D eigenvalue weighted by Gasteiger charge is 2.27. The molecular formula is C17H33NO5. The van der Waals surface area contributed by atoms with Gasteiger partial charge in [0.05, 0.1) is 13.7 Å². The van der Waals surface area contributed by atoms with Crippen molar-refractivity contribution >= 4 is 12.1 Å². The summed E-state index contributed by atoms with van der Waals surface area (Å²) in [5.74, 6) is -0.0447. The van der Waals surface area contributed by atoms with E-state index in [0.29, 0.717) is 25.5 Å². The Hall–Kier alpha value is -1.30. The maximum absolute atomic E-state index is 11.8. The molecule has 1 atom stereocenters. The Balaban J connectivity index is 4.43. The first-order chi connectivity index (χ1) is 10.4. The van der Waals surface area contributed by atoms with Crippen LogP contribution in [0, 0.1) is 11.3 Å². The topological polar surface area (TPSA) is 73.9 Å². The van der Waals surface area contributed by atoms with Crippen molar-refractivity contribution in [2.45, 2.75) is 66.6 Å². The molecule has 0 aliphatic heterocycles. The summed E-state index contributed by atoms with van der Waals surface area (Å²) in [7, 11) is 1.36. The maximum atomic E-state index is 11.8. The van der Waals surface area contributed by atoms with Gasteiger partial charge in [0.25, 0.3) is 0 Å². The van der Waals surface area contributed by atoms with E-state index in [1.54, 1.807) is 0 Å². The highest BCUT2D eigenvalue weighted by atomic mass is 16.6. The number of hydrogen-bond acceptors (Lipinski definition) is 5. The molecule has 0 saturated heterocycles. The van der Waals surface area contributed by atoms with Gasteiger partial charge in [0, 0.05) is 12.0 Å². The number of ether oxygens (including phenoxy) is 3. The first-order valence-electron chi connectivity index (χ1n) is 8.02. The maximum Gasteiger partial charge on any atom is 0.407 e. The van der Waals surface area contributed by atoms with Gasteiger partial charge in [-0.2, -0.15) is 0 Å². The molecule has 0 aliphatic carbocycles. The molecule has 0 aliphatic rings. The number of amides is 1. The minimum Gasteiger partial charge on any atom is -0.467 e. The van der Waals surface area contributed by atoms with E-state index in [1.165, 1.54) is 7.11 Å². The molecule has 1 unspecified atom stereocenters. The number of alkyl carbamates (subject to hydrolysis) is 1. The second kappa shape index (κ2) is 9.11. The SMILES string of the molecule is COC(=O)C(CC(C)C)OCC(C)(C)CNC(=O)OC(C)(C)C. The van der Waals surface area contributed by atoms with E-state index in [-0.39, 0.29) is 11.4 Å². The van der Waals surface area contributed by atoms with E-state index in [0.717, 1.165) is 0 Å². The molecule has 0 radical (unpaired) electrons. The molecule has 0 spiro atoms. The molecule has 0 aromatic carbocycles. The summed E-state index contributed by atoms with van der Waals surface area (Å²) >= 11 is 0. The van der Waals surface area contributed by atoms with Crippen LogP contribution in [0.3, 0.4) is 0 Å². The van der Waals surface area contributed by atoms with Crippen LogP contribution in [0.1, 0.15) is 54.9 Å². The summed E-state index contributed by atoms with van der Waals surface area (Å²) in [6.07, 6.45) is -0.444. The molecule has 0 rings (SSSR count). The van der Waals surface area contributed by atoms with Gasteiger partial charge in [0.1, 0.15) is 5.60 Å². The van der Waals surface area contributed by atoms with Crippen molar-refractivity contribution in [2.24, 2.45) is 11.3 Å². The molecular weight excluding hydrogens is 298 g/mol. The van der Waals surface area contributed by atoms with Gasteiger partial charge in [-0.05, 0) is 33.1 Å². The van der Waals surface area contributed by atoms with Crippen LogP contribution in [-0.4, -0.2) is 44.0 Å². The highest BCUT2D eigenvalue weighted by Crippen LogP contribution is 2.18. The van der Waals surface area contributed by atoms with Gasteiger partial charge >= 0.3 is 12.1 Å². The number of carbonyl (C=O) groups excluding carboxylic acids is 2. The lowest BCUT2D eigenvalue weighted by atomic mass is 9.94. The second-order valence-corrected chi connectivity index (χ2v) is 7.97. The molecule has 23 heavy (non-hydrogen) atoms. The molecule has 136 valence electrons. The molecule has 1 N–H and O–H groups in total. The fourth-order valence-corrected chi connectivity index (χ4v) is 1.79. The van der Waals surface area contributed by atoms with Crippen LogP contribution in [0.25, 0.3) is 0 Å². The van der Waals surface area contributed by atoms with E-state index in [1.807, 2.05) is 48.5 Å². The van der Waals surface area contributed by atoms with Crippen LogP contribution in [0.5, 0.6) is 0 Å². The van der Waals surface area contributed by atoms with Gasteiger partial charge in [-0.15, -0.1) is 0 Å². The highest BCUT2D eigenvalue weighted by molar-refractivity contribution is 5.74. The third-order valence-electron chi connectivity index (χ3n) is 2.93. The van der Waals surface area contributed by atoms with Crippen molar-refractivity contribution in [1.29, 1.82) is 0 Å². The Morgan fingerprint density at radius 3 is 2.09 bits per heavy atom. The lowest BCUT2D eigenvalue weighted by molar-refractivity contribution is -0.157. The van der Waals surface area contributed by atoms with Crippen molar-refractivity contribution in [3.63, 3.8) is 0 Å². The fraction of sp³-hybridized carbons (Fsp3) is 0.882. The summed E-state index contributed by atoms with van der Waals surface area (Å²) < 4.78 is 15.7. The van der Waals surface area contributed by atoms with E-state index in [4.69, 9.17) is 14.2 Å². The van der Waals surface area contributed by atoms with E-state index >= 15 is 0 Å². The molecule has 0 aromatic heterocycles. The fourth-order valence-electron chi connectivity index (χ4n) is 1.79. The second-order valence-electron chi connectivity index (χ2n) is 7.97. The van der Waals surface area contributed by atoms with Crippen molar-refractivity contribution in [3.8, 4) is 0 Å². The smallest absolute Gasteiger partial charge is 0.407 e. The van der Waals surface area contributed by atoms with E-state index in [2.05, 4.69) is 5.32 Å². The number of esters is 1. The van der Waals surface area contributed by atoms with Crippen LogP contribution in [-0.2, 0) is 19.0 Å². The van der Waals surface area contributed by atoms with Gasteiger partial charge in [-0.1, -0.05) is 27.7 Å². The minimum atomic E-state index is -0.583. The molecule has 1 amide bonds. The normalized spacial score (nSPS) is 13.6. The predicted molar refractivity (Wildman–Crippen MR) is 89.2 cm³/mol. The zero-order valence-corrected chi connectivity index (χ0v) is 15.8. The standard InChI is InChI=1S/C17H33NO5/c1-12(2)9-13(14(19)21-8)22-11-17(6,7)10-18-15(20)23-16(3,4)5/h12-13H,9-11H2,1-8H3,(H,18,20). The molecule has 6 nitrogen and oxygen atoms in total. The van der Waals surface area contributed by atoms with E-state index in [9.17, 15) is 9.59 Å². The van der Waals surface area contributed by atoms with Crippen LogP contribution < -0.4 is 5.32 Å². The summed E-state index contributed by atoms with van der Waals surface area (Å²) in [6.45, 7) is 14.1. The van der Waals surface area contributed by atoms with Crippen molar-refractivity contribution in [1.82, 2.24) is 5.32 Å². The van der Waals surface area contributed by atoms with Gasteiger partial charge in [0.15, 0.2) is 6.10 Å². The van der Waals surface area contributed by atoms with Gasteiger partial charge in [-0.3, -0.25) is 0 Å².